The van der Waals surface area contributed by atoms with Gasteiger partial charge in [-0.2, -0.15) is 0 Å². The maximum Gasteiger partial charge on any atom is 0.341 e. The summed E-state index contributed by atoms with van der Waals surface area (Å²) < 4.78 is 24.0. The lowest BCUT2D eigenvalue weighted by Gasteiger charge is -2.23. The number of furan rings is 1. The second kappa shape index (κ2) is 7.06. The fourth-order valence-electron chi connectivity index (χ4n) is 3.08. The van der Waals surface area contributed by atoms with Gasteiger partial charge >= 0.3 is 5.97 Å². The predicted molar refractivity (Wildman–Crippen MR) is 88.7 cm³/mol. The van der Waals surface area contributed by atoms with Crippen molar-refractivity contribution in [3.63, 3.8) is 0 Å². The number of methoxy groups -OCH3 is 1. The van der Waals surface area contributed by atoms with E-state index in [9.17, 15) is 14.0 Å². The monoisotopic (exact) mass is 346 g/mol. The highest BCUT2D eigenvalue weighted by Gasteiger charge is 2.36. The summed E-state index contributed by atoms with van der Waals surface area (Å²) in [5.74, 6) is -0.633. The third kappa shape index (κ3) is 3.28. The summed E-state index contributed by atoms with van der Waals surface area (Å²) in [6.45, 7) is 0.718. The number of anilines is 1. The Bertz CT molecular complexity index is 789. The van der Waals surface area contributed by atoms with Crippen molar-refractivity contribution in [2.45, 2.75) is 19.0 Å². The van der Waals surface area contributed by atoms with Crippen LogP contribution in [0.1, 0.15) is 22.5 Å². The van der Waals surface area contributed by atoms with Crippen LogP contribution in [0.4, 0.5) is 10.1 Å². The van der Waals surface area contributed by atoms with E-state index in [1.807, 2.05) is 0 Å². The Morgan fingerprint density at radius 1 is 1.40 bits per heavy atom. The van der Waals surface area contributed by atoms with Gasteiger partial charge in [0.25, 0.3) is 0 Å². The van der Waals surface area contributed by atoms with Gasteiger partial charge < -0.3 is 14.1 Å². The number of rotatable bonds is 5. The Balaban J connectivity index is 1.73. The SMILES string of the molecule is COC(=O)c1ccoc1CN(C)[C@@H]1CCN(c2ccccc2F)C1=O. The van der Waals surface area contributed by atoms with Crippen LogP contribution < -0.4 is 4.90 Å². The number of amides is 1. The number of para-hydroxylation sites is 1. The van der Waals surface area contributed by atoms with E-state index < -0.39 is 17.8 Å². The van der Waals surface area contributed by atoms with E-state index in [4.69, 9.17) is 9.15 Å². The molecule has 1 amide bonds. The number of ether oxygens (including phenoxy) is 1. The Morgan fingerprint density at radius 3 is 2.88 bits per heavy atom. The zero-order valence-corrected chi connectivity index (χ0v) is 14.1. The maximum absolute atomic E-state index is 14.0. The number of carbonyl (C=O) groups excluding carboxylic acids is 2. The first-order chi connectivity index (χ1) is 12.0. The minimum Gasteiger partial charge on any atom is -0.467 e. The van der Waals surface area contributed by atoms with Gasteiger partial charge in [-0.3, -0.25) is 9.69 Å². The zero-order chi connectivity index (χ0) is 18.0. The highest BCUT2D eigenvalue weighted by Crippen LogP contribution is 2.27. The molecule has 2 aromatic rings. The van der Waals surface area contributed by atoms with Gasteiger partial charge in [-0.15, -0.1) is 0 Å². The molecule has 0 bridgehead atoms. The first-order valence-electron chi connectivity index (χ1n) is 7.93. The average molecular weight is 346 g/mol. The highest BCUT2D eigenvalue weighted by molar-refractivity contribution is 5.99. The van der Waals surface area contributed by atoms with Crippen LogP contribution in [0.15, 0.2) is 41.0 Å². The number of carbonyl (C=O) groups is 2. The first-order valence-corrected chi connectivity index (χ1v) is 7.93. The molecule has 1 aromatic heterocycles. The Morgan fingerprint density at radius 2 is 2.16 bits per heavy atom. The number of benzene rings is 1. The summed E-state index contributed by atoms with van der Waals surface area (Å²) in [6, 6.07) is 7.36. The fourth-order valence-corrected chi connectivity index (χ4v) is 3.08. The normalized spacial score (nSPS) is 17.4. The molecule has 0 saturated carbocycles. The molecule has 3 rings (SSSR count). The van der Waals surface area contributed by atoms with Crippen molar-refractivity contribution in [3.05, 3.63) is 53.7 Å². The molecule has 1 saturated heterocycles. The number of esters is 1. The van der Waals surface area contributed by atoms with E-state index in [1.54, 1.807) is 30.1 Å². The van der Waals surface area contributed by atoms with Gasteiger partial charge in [-0.05, 0) is 31.7 Å². The third-order valence-corrected chi connectivity index (χ3v) is 4.40. The molecule has 2 heterocycles. The first kappa shape index (κ1) is 17.2. The molecule has 7 heteroatoms. The van der Waals surface area contributed by atoms with Crippen LogP contribution in [0, 0.1) is 5.82 Å². The van der Waals surface area contributed by atoms with E-state index in [-0.39, 0.29) is 18.1 Å². The van der Waals surface area contributed by atoms with Gasteiger partial charge in [-0.1, -0.05) is 12.1 Å². The standard InChI is InChI=1S/C18H19FN2O4/c1-20(11-16-12(8-10-25-16)18(23)24-2)15-7-9-21(17(15)22)14-6-4-3-5-13(14)19/h3-6,8,10,15H,7,9,11H2,1-2H3/t15-/m1/s1. The molecular formula is C18H19FN2O4. The fraction of sp³-hybridized carbons (Fsp3) is 0.333. The Labute approximate surface area is 144 Å². The van der Waals surface area contributed by atoms with Crippen LogP contribution in [-0.2, 0) is 16.1 Å². The molecule has 0 unspecified atom stereocenters. The minimum atomic E-state index is -0.483. The number of halogens is 1. The van der Waals surface area contributed by atoms with Crippen LogP contribution in [0.2, 0.25) is 0 Å². The molecule has 6 nitrogen and oxygen atoms in total. The predicted octanol–water partition coefficient (Wildman–Crippen LogP) is 2.44. The van der Waals surface area contributed by atoms with E-state index in [0.29, 0.717) is 24.3 Å². The van der Waals surface area contributed by atoms with E-state index in [2.05, 4.69) is 0 Å². The number of hydrogen-bond acceptors (Lipinski definition) is 5. The van der Waals surface area contributed by atoms with Crippen molar-refractivity contribution in [1.29, 1.82) is 0 Å². The Hall–Kier alpha value is -2.67. The van der Waals surface area contributed by atoms with Gasteiger partial charge in [0.2, 0.25) is 5.91 Å². The van der Waals surface area contributed by atoms with Crippen LogP contribution >= 0.6 is 0 Å². The summed E-state index contributed by atoms with van der Waals surface area (Å²) in [4.78, 5) is 27.7. The molecule has 25 heavy (non-hydrogen) atoms. The lowest BCUT2D eigenvalue weighted by atomic mass is 10.2. The molecule has 0 radical (unpaired) electrons. The van der Waals surface area contributed by atoms with Crippen molar-refractivity contribution in [1.82, 2.24) is 4.90 Å². The second-order valence-electron chi connectivity index (χ2n) is 5.91. The van der Waals surface area contributed by atoms with Gasteiger partial charge in [0.1, 0.15) is 17.1 Å². The molecule has 1 fully saturated rings. The van der Waals surface area contributed by atoms with Crippen LogP contribution in [-0.4, -0.2) is 43.5 Å². The van der Waals surface area contributed by atoms with E-state index in [0.717, 1.165) is 0 Å². The molecule has 1 aliphatic rings. The van der Waals surface area contributed by atoms with E-state index in [1.165, 1.54) is 30.4 Å². The lowest BCUT2D eigenvalue weighted by molar-refractivity contribution is -0.121. The minimum absolute atomic E-state index is 0.168. The maximum atomic E-state index is 14.0. The Kier molecular flexibility index (Phi) is 4.85. The van der Waals surface area contributed by atoms with Gasteiger partial charge in [0.05, 0.1) is 31.6 Å². The van der Waals surface area contributed by atoms with Gasteiger partial charge in [-0.25, -0.2) is 9.18 Å². The van der Waals surface area contributed by atoms with Crippen LogP contribution in [0.3, 0.4) is 0 Å². The van der Waals surface area contributed by atoms with Gasteiger partial charge in [0.15, 0.2) is 0 Å². The van der Waals surface area contributed by atoms with Crippen molar-refractivity contribution in [3.8, 4) is 0 Å². The molecule has 132 valence electrons. The average Bonchev–Trinajstić information content (AvgIpc) is 3.21. The van der Waals surface area contributed by atoms with Crippen LogP contribution in [0.25, 0.3) is 0 Å². The largest absolute Gasteiger partial charge is 0.467 e. The summed E-state index contributed by atoms with van der Waals surface area (Å²) in [5.41, 5.74) is 0.627. The third-order valence-electron chi connectivity index (χ3n) is 4.40. The second-order valence-corrected chi connectivity index (χ2v) is 5.91. The quantitative estimate of drug-likeness (QED) is 0.778. The summed E-state index contributed by atoms with van der Waals surface area (Å²) >= 11 is 0. The van der Waals surface area contributed by atoms with Crippen molar-refractivity contribution < 1.29 is 23.1 Å². The van der Waals surface area contributed by atoms with Crippen molar-refractivity contribution in [2.75, 3.05) is 25.6 Å². The zero-order valence-electron chi connectivity index (χ0n) is 14.1. The smallest absolute Gasteiger partial charge is 0.341 e. The lowest BCUT2D eigenvalue weighted by Crippen LogP contribution is -2.39. The number of hydrogen-bond donors (Lipinski definition) is 0. The summed E-state index contributed by atoms with van der Waals surface area (Å²) in [5, 5.41) is 0. The van der Waals surface area contributed by atoms with Crippen molar-refractivity contribution in [2.24, 2.45) is 0 Å². The molecule has 1 atom stereocenters. The van der Waals surface area contributed by atoms with Gasteiger partial charge in [0, 0.05) is 6.54 Å². The molecule has 0 N–H and O–H groups in total. The molecule has 0 spiro atoms. The molecular weight excluding hydrogens is 327 g/mol. The molecule has 1 aromatic carbocycles. The summed E-state index contributed by atoms with van der Waals surface area (Å²) in [6.07, 6.45) is 1.98. The highest BCUT2D eigenvalue weighted by atomic mass is 19.1. The van der Waals surface area contributed by atoms with E-state index >= 15 is 0 Å². The molecule has 0 aliphatic carbocycles. The number of nitrogens with zero attached hydrogens (tertiary/aromatic N) is 2. The summed E-state index contributed by atoms with van der Waals surface area (Å²) in [7, 11) is 3.08. The van der Waals surface area contributed by atoms with Crippen molar-refractivity contribution >= 4 is 17.6 Å². The van der Waals surface area contributed by atoms with Crippen LogP contribution in [0.5, 0.6) is 0 Å². The number of likely N-dealkylation sites (N-methyl/N-ethyl adjacent to an activating group) is 1. The molecule has 1 aliphatic heterocycles. The topological polar surface area (TPSA) is 63.0 Å².